The molecule has 1 aromatic rings. The van der Waals surface area contributed by atoms with Crippen LogP contribution in [0.15, 0.2) is 6.20 Å². The van der Waals surface area contributed by atoms with Gasteiger partial charge >= 0.3 is 0 Å². The van der Waals surface area contributed by atoms with Crippen LogP contribution in [0.25, 0.3) is 0 Å². The lowest BCUT2D eigenvalue weighted by Crippen LogP contribution is -2.38. The third-order valence-corrected chi connectivity index (χ3v) is 2.28. The minimum atomic E-state index is 0.395. The van der Waals surface area contributed by atoms with Crippen molar-refractivity contribution in [2.75, 3.05) is 23.4 Å². The fraction of sp³-hybridized carbons (Fsp3) is 0.429. The molecule has 2 rings (SSSR count). The summed E-state index contributed by atoms with van der Waals surface area (Å²) >= 11 is 5.93. The van der Waals surface area contributed by atoms with E-state index in [1.54, 1.807) is 6.20 Å². The van der Waals surface area contributed by atoms with Crippen molar-refractivity contribution in [2.45, 2.75) is 6.42 Å². The van der Waals surface area contributed by atoms with Crippen molar-refractivity contribution in [1.29, 1.82) is 0 Å². The van der Waals surface area contributed by atoms with Crippen molar-refractivity contribution < 1.29 is 0 Å². The van der Waals surface area contributed by atoms with Crippen LogP contribution < -0.4 is 16.2 Å². The molecule has 0 spiro atoms. The highest BCUT2D eigenvalue weighted by atomic mass is 35.5. The maximum absolute atomic E-state index is 5.93. The van der Waals surface area contributed by atoms with E-state index in [0.717, 1.165) is 18.9 Å². The van der Waals surface area contributed by atoms with E-state index in [0.29, 0.717) is 11.0 Å². The van der Waals surface area contributed by atoms with Gasteiger partial charge < -0.3 is 4.90 Å². The fourth-order valence-corrected chi connectivity index (χ4v) is 1.39. The summed E-state index contributed by atoms with van der Waals surface area (Å²) < 4.78 is 0. The summed E-state index contributed by atoms with van der Waals surface area (Å²) in [5.41, 5.74) is 2.39. The second-order valence-corrected chi connectivity index (χ2v) is 3.26. The summed E-state index contributed by atoms with van der Waals surface area (Å²) in [4.78, 5) is 10.1. The van der Waals surface area contributed by atoms with Crippen LogP contribution in [-0.2, 0) is 0 Å². The van der Waals surface area contributed by atoms with Gasteiger partial charge in [-0.1, -0.05) is 11.6 Å². The van der Waals surface area contributed by atoms with Crippen LogP contribution in [0.3, 0.4) is 0 Å². The molecule has 5 nitrogen and oxygen atoms in total. The van der Waals surface area contributed by atoms with Crippen LogP contribution in [0.4, 0.5) is 11.8 Å². The molecule has 1 saturated heterocycles. The Morgan fingerprint density at radius 1 is 1.54 bits per heavy atom. The SMILES string of the molecule is NNc1ncc(Cl)c(N2CCC2)n1. The zero-order valence-electron chi connectivity index (χ0n) is 7.00. The van der Waals surface area contributed by atoms with E-state index >= 15 is 0 Å². The predicted octanol–water partition coefficient (Wildman–Crippen LogP) is 0.626. The molecule has 0 unspecified atom stereocenters. The lowest BCUT2D eigenvalue weighted by molar-refractivity contribution is 0.609. The van der Waals surface area contributed by atoms with Crippen LogP contribution in [0.1, 0.15) is 6.42 Å². The number of nitrogens with two attached hydrogens (primary N) is 1. The first-order valence-corrected chi connectivity index (χ1v) is 4.43. The number of hydrogen-bond acceptors (Lipinski definition) is 5. The topological polar surface area (TPSA) is 67.1 Å². The molecule has 1 aromatic heterocycles. The molecule has 3 N–H and O–H groups in total. The smallest absolute Gasteiger partial charge is 0.239 e. The number of halogens is 1. The highest BCUT2D eigenvalue weighted by molar-refractivity contribution is 6.32. The third-order valence-electron chi connectivity index (χ3n) is 2.01. The van der Waals surface area contributed by atoms with Gasteiger partial charge in [0.1, 0.15) is 5.02 Å². The van der Waals surface area contributed by atoms with Gasteiger partial charge in [-0.05, 0) is 6.42 Å². The molecule has 0 bridgehead atoms. The lowest BCUT2D eigenvalue weighted by Gasteiger charge is -2.32. The molecule has 6 heteroatoms. The number of hydrogen-bond donors (Lipinski definition) is 2. The van der Waals surface area contributed by atoms with Crippen LogP contribution >= 0.6 is 11.6 Å². The molecule has 1 fully saturated rings. The molecule has 2 heterocycles. The van der Waals surface area contributed by atoms with Crippen LogP contribution in [0, 0.1) is 0 Å². The predicted molar refractivity (Wildman–Crippen MR) is 51.7 cm³/mol. The van der Waals surface area contributed by atoms with E-state index in [1.807, 2.05) is 0 Å². The number of hydrazine groups is 1. The van der Waals surface area contributed by atoms with E-state index in [1.165, 1.54) is 6.42 Å². The Bertz CT molecular complexity index is 312. The van der Waals surface area contributed by atoms with Crippen molar-refractivity contribution in [2.24, 2.45) is 5.84 Å². The lowest BCUT2D eigenvalue weighted by atomic mass is 10.2. The summed E-state index contributed by atoms with van der Waals surface area (Å²) in [6.45, 7) is 2.00. The van der Waals surface area contributed by atoms with Crippen molar-refractivity contribution in [3.63, 3.8) is 0 Å². The molecule has 0 amide bonds. The Balaban J connectivity index is 2.30. The maximum atomic E-state index is 5.93. The Kier molecular flexibility index (Phi) is 2.20. The second kappa shape index (κ2) is 3.35. The summed E-state index contributed by atoms with van der Waals surface area (Å²) in [6.07, 6.45) is 2.74. The normalized spacial score (nSPS) is 15.4. The minimum absolute atomic E-state index is 0.395. The number of nitrogens with zero attached hydrogens (tertiary/aromatic N) is 3. The summed E-state index contributed by atoms with van der Waals surface area (Å²) in [7, 11) is 0. The largest absolute Gasteiger partial charge is 0.355 e. The number of aromatic nitrogens is 2. The zero-order chi connectivity index (χ0) is 9.26. The summed E-state index contributed by atoms with van der Waals surface area (Å²) in [5, 5.41) is 0.568. The van der Waals surface area contributed by atoms with E-state index in [4.69, 9.17) is 17.4 Å². The maximum Gasteiger partial charge on any atom is 0.239 e. The van der Waals surface area contributed by atoms with Crippen LogP contribution in [0.2, 0.25) is 5.02 Å². The van der Waals surface area contributed by atoms with Gasteiger partial charge in [0, 0.05) is 13.1 Å². The van der Waals surface area contributed by atoms with Gasteiger partial charge in [-0.15, -0.1) is 0 Å². The summed E-state index contributed by atoms with van der Waals surface area (Å²) in [6, 6.07) is 0. The van der Waals surface area contributed by atoms with E-state index in [9.17, 15) is 0 Å². The highest BCUT2D eigenvalue weighted by Gasteiger charge is 2.19. The Labute approximate surface area is 80.9 Å². The van der Waals surface area contributed by atoms with Gasteiger partial charge in [0.2, 0.25) is 5.95 Å². The molecule has 0 aliphatic carbocycles. The standard InChI is InChI=1S/C7H10ClN5/c8-5-4-10-7(12-9)11-6(5)13-2-1-3-13/h4H,1-3,9H2,(H,10,11,12). The molecule has 0 atom stereocenters. The number of anilines is 2. The van der Waals surface area contributed by atoms with E-state index in [-0.39, 0.29) is 0 Å². The van der Waals surface area contributed by atoms with Gasteiger partial charge in [0.15, 0.2) is 5.82 Å². The van der Waals surface area contributed by atoms with Crippen molar-refractivity contribution >= 4 is 23.4 Å². The molecule has 0 saturated carbocycles. The van der Waals surface area contributed by atoms with Crippen molar-refractivity contribution in [1.82, 2.24) is 9.97 Å². The quantitative estimate of drug-likeness (QED) is 0.540. The first-order valence-electron chi connectivity index (χ1n) is 4.05. The Hall–Kier alpha value is -1.07. The molecule has 70 valence electrons. The number of rotatable bonds is 2. The van der Waals surface area contributed by atoms with Crippen LogP contribution in [-0.4, -0.2) is 23.1 Å². The van der Waals surface area contributed by atoms with E-state index < -0.39 is 0 Å². The molecule has 1 aliphatic heterocycles. The molecule has 1 aliphatic rings. The second-order valence-electron chi connectivity index (χ2n) is 2.85. The Morgan fingerprint density at radius 3 is 2.85 bits per heavy atom. The average molecular weight is 200 g/mol. The van der Waals surface area contributed by atoms with Crippen molar-refractivity contribution in [3.05, 3.63) is 11.2 Å². The fourth-order valence-electron chi connectivity index (χ4n) is 1.18. The highest BCUT2D eigenvalue weighted by Crippen LogP contribution is 2.26. The number of nitrogen functional groups attached to an aromatic ring is 1. The van der Waals surface area contributed by atoms with Gasteiger partial charge in [-0.25, -0.2) is 10.8 Å². The summed E-state index contributed by atoms with van der Waals surface area (Å²) in [5.74, 6) is 6.35. The van der Waals surface area contributed by atoms with Gasteiger partial charge in [0.05, 0.1) is 6.20 Å². The molecular formula is C7H10ClN5. The molecular weight excluding hydrogens is 190 g/mol. The molecule has 13 heavy (non-hydrogen) atoms. The van der Waals surface area contributed by atoms with Crippen LogP contribution in [0.5, 0.6) is 0 Å². The third kappa shape index (κ3) is 1.52. The minimum Gasteiger partial charge on any atom is -0.355 e. The molecule has 0 radical (unpaired) electrons. The van der Waals surface area contributed by atoms with Gasteiger partial charge in [-0.3, -0.25) is 5.43 Å². The number of nitrogens with one attached hydrogen (secondary N) is 1. The van der Waals surface area contributed by atoms with Gasteiger partial charge in [-0.2, -0.15) is 4.98 Å². The average Bonchev–Trinajstić information content (AvgIpc) is 2.06. The monoisotopic (exact) mass is 199 g/mol. The molecule has 0 aromatic carbocycles. The van der Waals surface area contributed by atoms with Gasteiger partial charge in [0.25, 0.3) is 0 Å². The van der Waals surface area contributed by atoms with E-state index in [2.05, 4.69) is 20.3 Å². The Morgan fingerprint density at radius 2 is 2.31 bits per heavy atom. The van der Waals surface area contributed by atoms with Crippen molar-refractivity contribution in [3.8, 4) is 0 Å². The first kappa shape index (κ1) is 8.52. The zero-order valence-corrected chi connectivity index (χ0v) is 7.75. The first-order chi connectivity index (χ1) is 6.31.